The van der Waals surface area contributed by atoms with Gasteiger partial charge in [-0.25, -0.2) is 8.78 Å². The first kappa shape index (κ1) is 15.3. The topological polar surface area (TPSA) is 38.5 Å². The Balaban J connectivity index is 2.30. The number of nitrogens with two attached hydrogens (primary N) is 1. The van der Waals surface area contributed by atoms with Crippen LogP contribution in [0.5, 0.6) is 5.75 Å². The SMILES string of the molecule is COc1ccc(N(C)C(CN)c2cc(F)cc(F)c2)cc1. The monoisotopic (exact) mass is 292 g/mol. The molecular weight excluding hydrogens is 274 g/mol. The molecule has 112 valence electrons. The fourth-order valence-electron chi connectivity index (χ4n) is 2.28. The highest BCUT2D eigenvalue weighted by atomic mass is 19.1. The maximum absolute atomic E-state index is 13.4. The molecule has 0 amide bonds. The van der Waals surface area contributed by atoms with Crippen molar-refractivity contribution in [1.82, 2.24) is 0 Å². The number of hydrogen-bond acceptors (Lipinski definition) is 3. The zero-order chi connectivity index (χ0) is 15.4. The van der Waals surface area contributed by atoms with Gasteiger partial charge in [-0.15, -0.1) is 0 Å². The molecule has 21 heavy (non-hydrogen) atoms. The smallest absolute Gasteiger partial charge is 0.126 e. The van der Waals surface area contributed by atoms with Gasteiger partial charge < -0.3 is 15.4 Å². The summed E-state index contributed by atoms with van der Waals surface area (Å²) in [5.41, 5.74) is 7.18. The summed E-state index contributed by atoms with van der Waals surface area (Å²) in [5, 5.41) is 0. The Kier molecular flexibility index (Phi) is 4.75. The van der Waals surface area contributed by atoms with Gasteiger partial charge in [-0.3, -0.25) is 0 Å². The first-order valence-electron chi connectivity index (χ1n) is 6.58. The van der Waals surface area contributed by atoms with Crippen LogP contribution in [-0.2, 0) is 0 Å². The largest absolute Gasteiger partial charge is 0.497 e. The van der Waals surface area contributed by atoms with Crippen LogP contribution in [0.15, 0.2) is 42.5 Å². The second-order valence-electron chi connectivity index (χ2n) is 4.76. The molecule has 0 saturated heterocycles. The predicted molar refractivity (Wildman–Crippen MR) is 79.6 cm³/mol. The molecule has 2 N–H and O–H groups in total. The minimum Gasteiger partial charge on any atom is -0.497 e. The van der Waals surface area contributed by atoms with Crippen molar-refractivity contribution in [2.24, 2.45) is 5.73 Å². The van der Waals surface area contributed by atoms with Crippen molar-refractivity contribution < 1.29 is 13.5 Å². The van der Waals surface area contributed by atoms with Gasteiger partial charge in [0.15, 0.2) is 0 Å². The molecule has 2 aromatic carbocycles. The molecule has 3 nitrogen and oxygen atoms in total. The lowest BCUT2D eigenvalue weighted by Crippen LogP contribution is -2.30. The van der Waals surface area contributed by atoms with Gasteiger partial charge in [0.25, 0.3) is 0 Å². The highest BCUT2D eigenvalue weighted by molar-refractivity contribution is 5.50. The van der Waals surface area contributed by atoms with Crippen molar-refractivity contribution in [1.29, 1.82) is 0 Å². The molecule has 2 aromatic rings. The summed E-state index contributed by atoms with van der Waals surface area (Å²) in [6.07, 6.45) is 0. The van der Waals surface area contributed by atoms with Crippen molar-refractivity contribution in [3.05, 3.63) is 59.7 Å². The summed E-state index contributed by atoms with van der Waals surface area (Å²) in [6, 6.07) is 10.5. The van der Waals surface area contributed by atoms with Crippen molar-refractivity contribution >= 4 is 5.69 Å². The van der Waals surface area contributed by atoms with Gasteiger partial charge in [0.2, 0.25) is 0 Å². The molecule has 0 radical (unpaired) electrons. The van der Waals surface area contributed by atoms with E-state index in [0.29, 0.717) is 5.56 Å². The second-order valence-corrected chi connectivity index (χ2v) is 4.76. The number of anilines is 1. The molecular formula is C16H18F2N2O. The van der Waals surface area contributed by atoms with E-state index in [4.69, 9.17) is 10.5 Å². The van der Waals surface area contributed by atoms with Crippen LogP contribution in [0.1, 0.15) is 11.6 Å². The molecule has 0 aliphatic heterocycles. The molecule has 5 heteroatoms. The quantitative estimate of drug-likeness (QED) is 0.920. The number of methoxy groups -OCH3 is 1. The van der Waals surface area contributed by atoms with E-state index < -0.39 is 11.6 Å². The van der Waals surface area contributed by atoms with Crippen molar-refractivity contribution in [3.8, 4) is 5.75 Å². The molecule has 1 atom stereocenters. The minimum absolute atomic E-state index is 0.241. The van der Waals surface area contributed by atoms with E-state index in [2.05, 4.69) is 0 Å². The molecule has 0 aliphatic rings. The van der Waals surface area contributed by atoms with Crippen LogP contribution in [0.3, 0.4) is 0 Å². The highest BCUT2D eigenvalue weighted by Gasteiger charge is 2.17. The number of benzene rings is 2. The van der Waals surface area contributed by atoms with E-state index in [9.17, 15) is 8.78 Å². The van der Waals surface area contributed by atoms with Crippen molar-refractivity contribution in [3.63, 3.8) is 0 Å². The maximum atomic E-state index is 13.4. The average molecular weight is 292 g/mol. The third kappa shape index (κ3) is 3.49. The lowest BCUT2D eigenvalue weighted by Gasteiger charge is -2.29. The van der Waals surface area contributed by atoms with Crippen molar-refractivity contribution in [2.45, 2.75) is 6.04 Å². The highest BCUT2D eigenvalue weighted by Crippen LogP contribution is 2.27. The van der Waals surface area contributed by atoms with E-state index in [1.165, 1.54) is 12.1 Å². The molecule has 0 saturated carbocycles. The number of rotatable bonds is 5. The second kappa shape index (κ2) is 6.54. The molecule has 0 bridgehead atoms. The maximum Gasteiger partial charge on any atom is 0.126 e. The molecule has 0 aliphatic carbocycles. The first-order valence-corrected chi connectivity index (χ1v) is 6.58. The minimum atomic E-state index is -0.605. The van der Waals surface area contributed by atoms with Gasteiger partial charge in [-0.2, -0.15) is 0 Å². The van der Waals surface area contributed by atoms with Gasteiger partial charge in [-0.05, 0) is 42.0 Å². The Morgan fingerprint density at radius 3 is 2.14 bits per heavy atom. The van der Waals surface area contributed by atoms with E-state index in [1.807, 2.05) is 36.2 Å². The van der Waals surface area contributed by atoms with E-state index in [1.54, 1.807) is 7.11 Å². The molecule has 0 aromatic heterocycles. The van der Waals surface area contributed by atoms with Crippen LogP contribution in [-0.4, -0.2) is 20.7 Å². The van der Waals surface area contributed by atoms with Crippen LogP contribution in [0.25, 0.3) is 0 Å². The molecule has 0 heterocycles. The summed E-state index contributed by atoms with van der Waals surface area (Å²) in [7, 11) is 3.43. The van der Waals surface area contributed by atoms with E-state index in [-0.39, 0.29) is 12.6 Å². The summed E-state index contributed by atoms with van der Waals surface area (Å²) in [5.74, 6) is -0.466. The van der Waals surface area contributed by atoms with Crippen molar-refractivity contribution in [2.75, 3.05) is 25.6 Å². The zero-order valence-corrected chi connectivity index (χ0v) is 12.0. The van der Waals surface area contributed by atoms with E-state index in [0.717, 1.165) is 17.5 Å². The number of halogens is 2. The van der Waals surface area contributed by atoms with Gasteiger partial charge in [0.05, 0.1) is 13.2 Å². The van der Waals surface area contributed by atoms with Crippen LogP contribution < -0.4 is 15.4 Å². The predicted octanol–water partition coefficient (Wildman–Crippen LogP) is 3.11. The van der Waals surface area contributed by atoms with Crippen LogP contribution in [0, 0.1) is 11.6 Å². The molecule has 2 rings (SSSR count). The fourth-order valence-corrected chi connectivity index (χ4v) is 2.28. The third-order valence-corrected chi connectivity index (χ3v) is 3.44. The van der Waals surface area contributed by atoms with Gasteiger partial charge >= 0.3 is 0 Å². The molecule has 0 fully saturated rings. The van der Waals surface area contributed by atoms with Crippen LogP contribution in [0.4, 0.5) is 14.5 Å². The Labute approximate surface area is 122 Å². The van der Waals surface area contributed by atoms with Crippen LogP contribution in [0.2, 0.25) is 0 Å². The number of nitrogens with zero attached hydrogens (tertiary/aromatic N) is 1. The average Bonchev–Trinajstić information content (AvgIpc) is 2.47. The Bertz CT molecular complexity index is 581. The standard InChI is InChI=1S/C16H18F2N2O/c1-20(14-3-5-15(21-2)6-4-14)16(10-19)11-7-12(17)9-13(18)8-11/h3-9,16H,10,19H2,1-2H3. The summed E-state index contributed by atoms with van der Waals surface area (Å²) in [6.45, 7) is 0.241. The Hall–Kier alpha value is -2.14. The number of likely N-dealkylation sites (N-methyl/N-ethyl adjacent to an activating group) is 1. The third-order valence-electron chi connectivity index (χ3n) is 3.44. The summed E-state index contributed by atoms with van der Waals surface area (Å²) >= 11 is 0. The first-order chi connectivity index (χ1) is 10.0. The van der Waals surface area contributed by atoms with E-state index >= 15 is 0 Å². The molecule has 0 spiro atoms. The van der Waals surface area contributed by atoms with Gasteiger partial charge in [0, 0.05) is 25.3 Å². The summed E-state index contributed by atoms with van der Waals surface area (Å²) in [4.78, 5) is 1.88. The Morgan fingerprint density at radius 2 is 1.67 bits per heavy atom. The summed E-state index contributed by atoms with van der Waals surface area (Å²) < 4.78 is 31.9. The van der Waals surface area contributed by atoms with Crippen LogP contribution >= 0.6 is 0 Å². The molecule has 1 unspecified atom stereocenters. The normalized spacial score (nSPS) is 12.0. The zero-order valence-electron chi connectivity index (χ0n) is 12.0. The Morgan fingerprint density at radius 1 is 1.10 bits per heavy atom. The lowest BCUT2D eigenvalue weighted by molar-refractivity contribution is 0.415. The fraction of sp³-hybridized carbons (Fsp3) is 0.250. The lowest BCUT2D eigenvalue weighted by atomic mass is 10.0. The van der Waals surface area contributed by atoms with Gasteiger partial charge in [0.1, 0.15) is 17.4 Å². The number of ether oxygens (including phenoxy) is 1. The number of hydrogen-bond donors (Lipinski definition) is 1. The van der Waals surface area contributed by atoms with Gasteiger partial charge in [-0.1, -0.05) is 0 Å².